The van der Waals surface area contributed by atoms with Gasteiger partial charge in [-0.05, 0) is 18.2 Å². The Morgan fingerprint density at radius 2 is 2.19 bits per heavy atom. The lowest BCUT2D eigenvalue weighted by Crippen LogP contribution is -2.53. The molecule has 110 valence electrons. The van der Waals surface area contributed by atoms with Crippen molar-refractivity contribution in [3.8, 4) is 5.75 Å². The number of hydrogen-bond acceptors (Lipinski definition) is 4. The Hall–Kier alpha value is -1.88. The normalized spacial score (nSPS) is 23.6. The fraction of sp³-hybridized carbons (Fsp3) is 0.400. The Bertz CT molecular complexity index is 717. The van der Waals surface area contributed by atoms with Crippen LogP contribution in [0.2, 0.25) is 0 Å². The summed E-state index contributed by atoms with van der Waals surface area (Å²) in [5.41, 5.74) is 0.429. The topological polar surface area (TPSA) is 65.3 Å². The number of nitro benzene ring substituents is 1. The predicted octanol–water partition coefficient (Wildman–Crippen LogP) is 3.93. The second kappa shape index (κ2) is 4.84. The highest BCUT2D eigenvalue weighted by molar-refractivity contribution is 6.21. The Morgan fingerprint density at radius 3 is 2.81 bits per heavy atom. The first-order valence-electron chi connectivity index (χ1n) is 6.74. The van der Waals surface area contributed by atoms with E-state index in [4.69, 9.17) is 16.3 Å². The molecule has 0 N–H and O–H groups in total. The molecule has 0 amide bonds. The fourth-order valence-electron chi connectivity index (χ4n) is 2.58. The lowest BCUT2D eigenvalue weighted by Gasteiger charge is -2.48. The zero-order chi connectivity index (χ0) is 15.2. The number of non-ortho nitro benzene ring substituents is 1. The zero-order valence-corrected chi connectivity index (χ0v) is 12.5. The molecule has 1 aliphatic rings. The molecule has 2 unspecified atom stereocenters. The summed E-state index contributed by atoms with van der Waals surface area (Å²) in [6.45, 7) is 4.11. The molecule has 0 radical (unpaired) electrons. The smallest absolute Gasteiger partial charge is 0.279 e. The average Bonchev–Trinajstić information content (AvgIpc) is 2.46. The number of nitrogens with zero attached hydrogens (tertiary/aromatic N) is 2. The van der Waals surface area contributed by atoms with Crippen LogP contribution in [0.15, 0.2) is 30.5 Å². The van der Waals surface area contributed by atoms with Crippen molar-refractivity contribution in [2.24, 2.45) is 5.41 Å². The fourth-order valence-corrected chi connectivity index (χ4v) is 2.88. The van der Waals surface area contributed by atoms with E-state index in [9.17, 15) is 10.1 Å². The van der Waals surface area contributed by atoms with Gasteiger partial charge < -0.3 is 4.74 Å². The van der Waals surface area contributed by atoms with Gasteiger partial charge in [0.2, 0.25) is 0 Å². The highest BCUT2D eigenvalue weighted by atomic mass is 35.5. The van der Waals surface area contributed by atoms with Gasteiger partial charge in [0, 0.05) is 29.5 Å². The number of benzene rings is 1. The summed E-state index contributed by atoms with van der Waals surface area (Å²) in [5, 5.41) is 11.7. The van der Waals surface area contributed by atoms with Crippen LogP contribution >= 0.6 is 11.6 Å². The molecule has 6 heteroatoms. The standard InChI is InChI=1S/C15H15ClN2O3/c1-15(2)12(16)8-13(15)21-11-6-5-10(18(19)20)9-4-3-7-17-14(9)11/h3-7,12-13H,8H2,1-2H3. The van der Waals surface area contributed by atoms with Crippen molar-refractivity contribution in [3.05, 3.63) is 40.6 Å². The minimum absolute atomic E-state index is 0.00772. The van der Waals surface area contributed by atoms with Gasteiger partial charge in [0.1, 0.15) is 17.4 Å². The largest absolute Gasteiger partial charge is 0.487 e. The van der Waals surface area contributed by atoms with Crippen LogP contribution in [0.1, 0.15) is 20.3 Å². The summed E-state index contributed by atoms with van der Waals surface area (Å²) < 4.78 is 6.01. The van der Waals surface area contributed by atoms with E-state index < -0.39 is 4.92 Å². The lowest BCUT2D eigenvalue weighted by atomic mass is 9.68. The number of hydrogen-bond donors (Lipinski definition) is 0. The van der Waals surface area contributed by atoms with Crippen LogP contribution in [0.5, 0.6) is 5.75 Å². The van der Waals surface area contributed by atoms with E-state index in [1.165, 1.54) is 6.07 Å². The molecule has 1 aromatic heterocycles. The maximum Gasteiger partial charge on any atom is 0.279 e. The number of halogens is 1. The summed E-state index contributed by atoms with van der Waals surface area (Å²) >= 11 is 6.20. The molecular formula is C15H15ClN2O3. The van der Waals surface area contributed by atoms with E-state index in [1.807, 2.05) is 0 Å². The third kappa shape index (κ3) is 2.21. The van der Waals surface area contributed by atoms with Crippen LogP contribution in [0.3, 0.4) is 0 Å². The van der Waals surface area contributed by atoms with Crippen molar-refractivity contribution in [2.45, 2.75) is 31.7 Å². The minimum Gasteiger partial charge on any atom is -0.487 e. The maximum atomic E-state index is 11.1. The summed E-state index contributed by atoms with van der Waals surface area (Å²) in [5.74, 6) is 0.567. The first-order chi connectivity index (χ1) is 9.91. The predicted molar refractivity (Wildman–Crippen MR) is 80.9 cm³/mol. The summed E-state index contributed by atoms with van der Waals surface area (Å²) in [6, 6.07) is 6.44. The van der Waals surface area contributed by atoms with Crippen molar-refractivity contribution < 1.29 is 9.66 Å². The molecule has 1 saturated carbocycles. The van der Waals surface area contributed by atoms with Gasteiger partial charge in [-0.15, -0.1) is 11.6 Å². The highest BCUT2D eigenvalue weighted by Gasteiger charge is 2.49. The lowest BCUT2D eigenvalue weighted by molar-refractivity contribution is -0.383. The molecule has 1 aromatic carbocycles. The summed E-state index contributed by atoms with van der Waals surface area (Å²) in [6.07, 6.45) is 2.36. The van der Waals surface area contributed by atoms with E-state index >= 15 is 0 Å². The Kier molecular flexibility index (Phi) is 3.24. The van der Waals surface area contributed by atoms with E-state index in [2.05, 4.69) is 18.8 Å². The maximum absolute atomic E-state index is 11.1. The molecule has 0 bridgehead atoms. The van der Waals surface area contributed by atoms with Gasteiger partial charge in [-0.3, -0.25) is 15.1 Å². The quantitative estimate of drug-likeness (QED) is 0.489. The van der Waals surface area contributed by atoms with Gasteiger partial charge in [0.15, 0.2) is 0 Å². The van der Waals surface area contributed by atoms with Gasteiger partial charge >= 0.3 is 0 Å². The number of nitro groups is 1. The van der Waals surface area contributed by atoms with Gasteiger partial charge in [0.25, 0.3) is 5.69 Å². The van der Waals surface area contributed by atoms with Crippen LogP contribution in [0.25, 0.3) is 10.9 Å². The van der Waals surface area contributed by atoms with Crippen molar-refractivity contribution in [1.82, 2.24) is 4.98 Å². The number of rotatable bonds is 3. The first kappa shape index (κ1) is 14.1. The number of ether oxygens (including phenoxy) is 1. The van der Waals surface area contributed by atoms with Gasteiger partial charge in [-0.1, -0.05) is 13.8 Å². The molecule has 21 heavy (non-hydrogen) atoms. The van der Waals surface area contributed by atoms with Gasteiger partial charge in [-0.25, -0.2) is 0 Å². The second-order valence-corrected chi connectivity index (χ2v) is 6.40. The van der Waals surface area contributed by atoms with Gasteiger partial charge in [0.05, 0.1) is 10.3 Å². The molecule has 2 atom stereocenters. The monoisotopic (exact) mass is 306 g/mol. The Labute approximate surface area is 127 Å². The van der Waals surface area contributed by atoms with Gasteiger partial charge in [-0.2, -0.15) is 0 Å². The first-order valence-corrected chi connectivity index (χ1v) is 7.17. The molecule has 1 aliphatic carbocycles. The molecule has 3 rings (SSSR count). The molecule has 1 heterocycles. The third-order valence-corrected chi connectivity index (χ3v) is 4.97. The molecule has 5 nitrogen and oxygen atoms in total. The van der Waals surface area contributed by atoms with E-state index in [0.717, 1.165) is 6.42 Å². The highest BCUT2D eigenvalue weighted by Crippen LogP contribution is 2.47. The van der Waals surface area contributed by atoms with Crippen LogP contribution in [0, 0.1) is 15.5 Å². The summed E-state index contributed by atoms with van der Waals surface area (Å²) in [4.78, 5) is 14.9. The van der Waals surface area contributed by atoms with E-state index in [1.54, 1.807) is 24.4 Å². The van der Waals surface area contributed by atoms with Crippen molar-refractivity contribution >= 4 is 28.2 Å². The number of alkyl halides is 1. The van der Waals surface area contributed by atoms with Crippen molar-refractivity contribution in [2.75, 3.05) is 0 Å². The average molecular weight is 307 g/mol. The van der Waals surface area contributed by atoms with Crippen LogP contribution in [-0.2, 0) is 0 Å². The zero-order valence-electron chi connectivity index (χ0n) is 11.7. The molecule has 0 saturated heterocycles. The molecular weight excluding hydrogens is 292 g/mol. The number of pyridine rings is 1. The minimum atomic E-state index is -0.407. The second-order valence-electron chi connectivity index (χ2n) is 5.87. The Morgan fingerprint density at radius 1 is 1.43 bits per heavy atom. The van der Waals surface area contributed by atoms with Crippen molar-refractivity contribution in [1.29, 1.82) is 0 Å². The van der Waals surface area contributed by atoms with E-state index in [0.29, 0.717) is 16.7 Å². The number of fused-ring (bicyclic) bond motifs is 1. The van der Waals surface area contributed by atoms with Crippen LogP contribution in [-0.4, -0.2) is 21.4 Å². The van der Waals surface area contributed by atoms with Crippen LogP contribution < -0.4 is 4.74 Å². The molecule has 1 fully saturated rings. The van der Waals surface area contributed by atoms with Crippen molar-refractivity contribution in [3.63, 3.8) is 0 Å². The Balaban J connectivity index is 2.01. The van der Waals surface area contributed by atoms with E-state index in [-0.39, 0.29) is 22.6 Å². The molecule has 2 aromatic rings. The van der Waals surface area contributed by atoms with Crippen LogP contribution in [0.4, 0.5) is 5.69 Å². The summed E-state index contributed by atoms with van der Waals surface area (Å²) in [7, 11) is 0. The molecule has 0 spiro atoms. The number of aromatic nitrogens is 1. The SMILES string of the molecule is CC1(C)C(Cl)CC1Oc1ccc([N+](=O)[O-])c2cccnc12. The third-order valence-electron chi connectivity index (χ3n) is 4.23. The molecule has 0 aliphatic heterocycles.